The first-order chi connectivity index (χ1) is 9.56. The zero-order valence-corrected chi connectivity index (χ0v) is 12.4. The van der Waals surface area contributed by atoms with Crippen LogP contribution in [0.2, 0.25) is 0 Å². The number of fused-ring (bicyclic) bond motifs is 1. The lowest BCUT2D eigenvalue weighted by Crippen LogP contribution is -2.27. The Kier molecular flexibility index (Phi) is 3.10. The third-order valence-electron chi connectivity index (χ3n) is 3.17. The highest BCUT2D eigenvalue weighted by Crippen LogP contribution is 2.19. The Hall–Kier alpha value is -2.08. The molecule has 1 amide bonds. The molecule has 3 aromatic heterocycles. The predicted molar refractivity (Wildman–Crippen MR) is 77.0 cm³/mol. The van der Waals surface area contributed by atoms with E-state index in [4.69, 9.17) is 4.42 Å². The smallest absolute Gasteiger partial charge is 0.272 e. The molecule has 20 heavy (non-hydrogen) atoms. The van der Waals surface area contributed by atoms with Crippen molar-refractivity contribution in [2.75, 3.05) is 7.05 Å². The number of aromatic nitrogens is 2. The molecule has 3 rings (SSSR count). The maximum atomic E-state index is 12.6. The van der Waals surface area contributed by atoms with E-state index >= 15 is 0 Å². The molecule has 5 nitrogen and oxygen atoms in total. The molecule has 0 N–H and O–H groups in total. The Labute approximate surface area is 120 Å². The summed E-state index contributed by atoms with van der Waals surface area (Å²) in [6, 6.07) is 3.79. The predicted octanol–water partition coefficient (Wildman–Crippen LogP) is 2.88. The van der Waals surface area contributed by atoms with Crippen LogP contribution < -0.4 is 0 Å². The number of aryl methyl sites for hydroxylation is 2. The van der Waals surface area contributed by atoms with Gasteiger partial charge in [-0.2, -0.15) is 0 Å². The first-order valence-corrected chi connectivity index (χ1v) is 7.17. The molecule has 104 valence electrons. The van der Waals surface area contributed by atoms with Crippen LogP contribution in [-0.2, 0) is 6.54 Å². The van der Waals surface area contributed by atoms with Gasteiger partial charge in [-0.15, -0.1) is 11.3 Å². The van der Waals surface area contributed by atoms with E-state index in [1.165, 1.54) is 11.3 Å². The highest BCUT2D eigenvalue weighted by Gasteiger charge is 2.21. The number of imidazole rings is 1. The van der Waals surface area contributed by atoms with E-state index in [1.807, 2.05) is 42.0 Å². The zero-order chi connectivity index (χ0) is 14.3. The Morgan fingerprint density at radius 2 is 2.25 bits per heavy atom. The number of hydrogen-bond acceptors (Lipinski definition) is 4. The number of nitrogens with zero attached hydrogens (tertiary/aromatic N) is 3. The summed E-state index contributed by atoms with van der Waals surface area (Å²) >= 11 is 1.52. The van der Waals surface area contributed by atoms with Crippen LogP contribution in [0.4, 0.5) is 0 Å². The Balaban J connectivity index is 1.88. The molecular weight excluding hydrogens is 274 g/mol. The summed E-state index contributed by atoms with van der Waals surface area (Å²) in [6.07, 6.45) is 1.87. The van der Waals surface area contributed by atoms with Crippen LogP contribution in [0.1, 0.15) is 27.7 Å². The maximum absolute atomic E-state index is 12.6. The van der Waals surface area contributed by atoms with Gasteiger partial charge in [0.05, 0.1) is 12.2 Å². The average Bonchev–Trinajstić information content (AvgIpc) is 3.05. The molecule has 0 aliphatic heterocycles. The third-order valence-corrected chi connectivity index (χ3v) is 3.93. The average molecular weight is 289 g/mol. The Bertz CT molecular complexity index is 768. The van der Waals surface area contributed by atoms with Crippen LogP contribution in [-0.4, -0.2) is 27.2 Å². The van der Waals surface area contributed by atoms with Gasteiger partial charge in [-0.3, -0.25) is 9.20 Å². The molecule has 3 aromatic rings. The second-order valence-corrected chi connectivity index (χ2v) is 5.65. The molecule has 0 aliphatic carbocycles. The van der Waals surface area contributed by atoms with Crippen molar-refractivity contribution < 1.29 is 9.21 Å². The normalized spacial score (nSPS) is 11.2. The number of amides is 1. The number of thiazole rings is 1. The van der Waals surface area contributed by atoms with Crippen molar-refractivity contribution >= 4 is 22.2 Å². The van der Waals surface area contributed by atoms with Gasteiger partial charge in [0.1, 0.15) is 17.2 Å². The summed E-state index contributed by atoms with van der Waals surface area (Å²) in [5.74, 6) is 1.58. The number of carbonyl (C=O) groups excluding carboxylic acids is 1. The number of rotatable bonds is 3. The van der Waals surface area contributed by atoms with Crippen molar-refractivity contribution in [1.29, 1.82) is 0 Å². The van der Waals surface area contributed by atoms with Crippen LogP contribution >= 0.6 is 11.3 Å². The van der Waals surface area contributed by atoms with E-state index in [0.29, 0.717) is 12.2 Å². The van der Waals surface area contributed by atoms with Gasteiger partial charge in [0, 0.05) is 18.6 Å². The maximum Gasteiger partial charge on any atom is 0.272 e. The summed E-state index contributed by atoms with van der Waals surface area (Å²) < 4.78 is 7.35. The topological polar surface area (TPSA) is 50.8 Å². The number of furan rings is 1. The minimum absolute atomic E-state index is 0.0533. The monoisotopic (exact) mass is 289 g/mol. The standard InChI is InChI=1S/C14H15N3O2S/c1-9-4-5-11(19-9)8-16(3)13(18)12-10(2)15-14-17(12)6-7-20-14/h4-7H,8H2,1-3H3. The van der Waals surface area contributed by atoms with Crippen molar-refractivity contribution in [3.05, 3.63) is 46.6 Å². The Morgan fingerprint density at radius 1 is 1.45 bits per heavy atom. The fourth-order valence-corrected chi connectivity index (χ4v) is 2.97. The van der Waals surface area contributed by atoms with E-state index in [2.05, 4.69) is 4.98 Å². The van der Waals surface area contributed by atoms with Crippen LogP contribution in [0, 0.1) is 13.8 Å². The zero-order valence-electron chi connectivity index (χ0n) is 11.6. The first kappa shape index (κ1) is 12.9. The molecule has 0 atom stereocenters. The van der Waals surface area contributed by atoms with E-state index in [1.54, 1.807) is 11.9 Å². The SMILES string of the molecule is Cc1ccc(CN(C)C(=O)c2c(C)nc3sccn23)o1. The highest BCUT2D eigenvalue weighted by atomic mass is 32.1. The van der Waals surface area contributed by atoms with Gasteiger partial charge >= 0.3 is 0 Å². The second kappa shape index (κ2) is 4.79. The van der Waals surface area contributed by atoms with Crippen molar-refractivity contribution in [2.24, 2.45) is 0 Å². The fraction of sp³-hybridized carbons (Fsp3) is 0.286. The molecule has 3 heterocycles. The van der Waals surface area contributed by atoms with Crippen LogP contribution in [0.3, 0.4) is 0 Å². The van der Waals surface area contributed by atoms with Gasteiger partial charge < -0.3 is 9.32 Å². The lowest BCUT2D eigenvalue weighted by atomic mass is 10.3. The van der Waals surface area contributed by atoms with Gasteiger partial charge in [0.2, 0.25) is 0 Å². The molecule has 0 unspecified atom stereocenters. The quantitative estimate of drug-likeness (QED) is 0.745. The van der Waals surface area contributed by atoms with E-state index in [9.17, 15) is 4.79 Å². The van der Waals surface area contributed by atoms with Gasteiger partial charge in [-0.25, -0.2) is 4.98 Å². The van der Waals surface area contributed by atoms with Gasteiger partial charge in [0.15, 0.2) is 4.96 Å². The number of carbonyl (C=O) groups is 1. The summed E-state index contributed by atoms with van der Waals surface area (Å²) in [5, 5.41) is 1.93. The second-order valence-electron chi connectivity index (χ2n) is 4.77. The van der Waals surface area contributed by atoms with Crippen molar-refractivity contribution in [2.45, 2.75) is 20.4 Å². The molecule has 0 bridgehead atoms. The minimum atomic E-state index is -0.0533. The molecule has 0 fully saturated rings. The van der Waals surface area contributed by atoms with Crippen LogP contribution in [0.5, 0.6) is 0 Å². The minimum Gasteiger partial charge on any atom is -0.464 e. The van der Waals surface area contributed by atoms with Gasteiger partial charge in [-0.05, 0) is 26.0 Å². The van der Waals surface area contributed by atoms with Crippen LogP contribution in [0.25, 0.3) is 4.96 Å². The van der Waals surface area contributed by atoms with Crippen molar-refractivity contribution in [3.63, 3.8) is 0 Å². The first-order valence-electron chi connectivity index (χ1n) is 6.29. The molecule has 0 spiro atoms. The highest BCUT2D eigenvalue weighted by molar-refractivity contribution is 7.15. The van der Waals surface area contributed by atoms with E-state index < -0.39 is 0 Å². The number of hydrogen-bond donors (Lipinski definition) is 0. The molecule has 0 aliphatic rings. The summed E-state index contributed by atoms with van der Waals surface area (Å²) in [5.41, 5.74) is 1.37. The molecule has 0 saturated heterocycles. The van der Waals surface area contributed by atoms with Crippen molar-refractivity contribution in [3.8, 4) is 0 Å². The van der Waals surface area contributed by atoms with E-state index in [0.717, 1.165) is 22.2 Å². The van der Waals surface area contributed by atoms with E-state index in [-0.39, 0.29) is 5.91 Å². The lowest BCUT2D eigenvalue weighted by Gasteiger charge is -2.15. The summed E-state index contributed by atoms with van der Waals surface area (Å²) in [4.78, 5) is 19.5. The molecule has 6 heteroatoms. The summed E-state index contributed by atoms with van der Waals surface area (Å²) in [6.45, 7) is 4.20. The van der Waals surface area contributed by atoms with Gasteiger partial charge in [-0.1, -0.05) is 0 Å². The summed E-state index contributed by atoms with van der Waals surface area (Å²) in [7, 11) is 1.77. The van der Waals surface area contributed by atoms with Gasteiger partial charge in [0.25, 0.3) is 5.91 Å². The largest absolute Gasteiger partial charge is 0.464 e. The lowest BCUT2D eigenvalue weighted by molar-refractivity contribution is 0.0767. The molecular formula is C14H15N3O2S. The Morgan fingerprint density at radius 3 is 2.95 bits per heavy atom. The van der Waals surface area contributed by atoms with Crippen LogP contribution in [0.15, 0.2) is 28.1 Å². The third kappa shape index (κ3) is 2.12. The van der Waals surface area contributed by atoms with Crippen molar-refractivity contribution in [1.82, 2.24) is 14.3 Å². The molecule has 0 radical (unpaired) electrons. The molecule has 0 saturated carbocycles. The fourth-order valence-electron chi connectivity index (χ4n) is 2.21. The molecule has 0 aromatic carbocycles.